The summed E-state index contributed by atoms with van der Waals surface area (Å²) in [4.78, 5) is 44.0. The van der Waals surface area contributed by atoms with Crippen molar-refractivity contribution in [3.8, 4) is 5.75 Å². The summed E-state index contributed by atoms with van der Waals surface area (Å²) < 4.78 is 5.45. The summed E-state index contributed by atoms with van der Waals surface area (Å²) in [7, 11) is 1.65. The Hall–Kier alpha value is -2.77. The predicted molar refractivity (Wildman–Crippen MR) is 122 cm³/mol. The van der Waals surface area contributed by atoms with Gasteiger partial charge >= 0.3 is 6.03 Å². The second kappa shape index (κ2) is 8.30. The van der Waals surface area contributed by atoms with Gasteiger partial charge in [-0.25, -0.2) is 4.79 Å². The fourth-order valence-electron chi connectivity index (χ4n) is 5.97. The van der Waals surface area contributed by atoms with Crippen LogP contribution in [0.1, 0.15) is 40.0 Å². The molecule has 2 aliphatic heterocycles. The summed E-state index contributed by atoms with van der Waals surface area (Å²) in [5, 5.41) is 2.95. The van der Waals surface area contributed by atoms with Crippen molar-refractivity contribution in [2.24, 2.45) is 11.3 Å². The molecule has 8 nitrogen and oxygen atoms in total. The van der Waals surface area contributed by atoms with E-state index in [4.69, 9.17) is 4.74 Å². The van der Waals surface area contributed by atoms with Gasteiger partial charge in [0, 0.05) is 26.2 Å². The van der Waals surface area contributed by atoms with Crippen LogP contribution in [0.3, 0.4) is 0 Å². The van der Waals surface area contributed by atoms with Gasteiger partial charge in [-0.15, -0.1) is 0 Å². The Morgan fingerprint density at radius 3 is 2.47 bits per heavy atom. The van der Waals surface area contributed by atoms with Crippen LogP contribution in [0.25, 0.3) is 0 Å². The summed E-state index contributed by atoms with van der Waals surface area (Å²) in [5.41, 5.74) is 0.100. The van der Waals surface area contributed by atoms with Gasteiger partial charge in [-0.1, -0.05) is 32.9 Å². The second-order valence-electron chi connectivity index (χ2n) is 10.3. The van der Waals surface area contributed by atoms with Gasteiger partial charge in [-0.2, -0.15) is 0 Å². The highest BCUT2D eigenvalue weighted by molar-refractivity contribution is 6.09. The van der Waals surface area contributed by atoms with Crippen LogP contribution in [0.2, 0.25) is 0 Å². The largest absolute Gasteiger partial charge is 0.495 e. The lowest BCUT2D eigenvalue weighted by Gasteiger charge is -2.43. The summed E-state index contributed by atoms with van der Waals surface area (Å²) in [6, 6.07) is 7.39. The minimum atomic E-state index is -0.874. The van der Waals surface area contributed by atoms with Crippen LogP contribution < -0.4 is 15.0 Å². The maximum Gasteiger partial charge on any atom is 0.325 e. The molecule has 1 aromatic rings. The van der Waals surface area contributed by atoms with Crippen molar-refractivity contribution in [3.63, 3.8) is 0 Å². The van der Waals surface area contributed by atoms with Gasteiger partial charge < -0.3 is 19.9 Å². The number of ether oxygens (including phenoxy) is 1. The van der Waals surface area contributed by atoms with E-state index in [2.05, 4.69) is 31.0 Å². The maximum absolute atomic E-state index is 13.3. The van der Waals surface area contributed by atoms with Crippen molar-refractivity contribution in [1.29, 1.82) is 0 Å². The normalized spacial score (nSPS) is 27.6. The van der Waals surface area contributed by atoms with Gasteiger partial charge in [0.1, 0.15) is 17.8 Å². The molecule has 174 valence electrons. The first-order valence-electron chi connectivity index (χ1n) is 11.4. The van der Waals surface area contributed by atoms with Gasteiger partial charge in [0.15, 0.2) is 0 Å². The van der Waals surface area contributed by atoms with Crippen molar-refractivity contribution in [2.45, 2.75) is 45.6 Å². The highest BCUT2D eigenvalue weighted by Gasteiger charge is 2.56. The number of carbonyl (C=O) groups excluding carboxylic acids is 3. The van der Waals surface area contributed by atoms with Gasteiger partial charge in [0.25, 0.3) is 5.91 Å². The number of benzene rings is 1. The number of nitrogens with zero attached hydrogens (tertiary/aromatic N) is 3. The van der Waals surface area contributed by atoms with E-state index < -0.39 is 11.6 Å². The quantitative estimate of drug-likeness (QED) is 0.725. The fourth-order valence-corrected chi connectivity index (χ4v) is 5.97. The number of rotatable bonds is 4. The molecule has 32 heavy (non-hydrogen) atoms. The number of carbonyl (C=O) groups is 3. The summed E-state index contributed by atoms with van der Waals surface area (Å²) in [5.74, 6) is 0.708. The SMILES string of the molecule is COc1ccccc1N1CCN(C(=O)CN2C(=O)N[C@]3(C[C@@H](C)CC(C)(C)C3)C2=O)CC1. The number of imide groups is 1. The maximum atomic E-state index is 13.3. The van der Waals surface area contributed by atoms with E-state index in [0.29, 0.717) is 44.9 Å². The highest BCUT2D eigenvalue weighted by Crippen LogP contribution is 2.46. The van der Waals surface area contributed by atoms with E-state index in [0.717, 1.165) is 22.8 Å². The van der Waals surface area contributed by atoms with Crippen LogP contribution in [0.4, 0.5) is 10.5 Å². The summed E-state index contributed by atoms with van der Waals surface area (Å²) in [6.45, 7) is 8.61. The number of hydrogen-bond donors (Lipinski definition) is 1. The number of para-hydroxylation sites is 2. The van der Waals surface area contributed by atoms with Crippen molar-refractivity contribution in [2.75, 3.05) is 44.7 Å². The standard InChI is InChI=1S/C24H34N4O4/c1-17-13-23(2,3)16-24(14-17)21(30)28(22(31)25-24)15-20(29)27-11-9-26(10-12-27)18-7-5-6-8-19(18)32-4/h5-8,17H,9-16H2,1-4H3,(H,25,31)/t17-,24-/m0/s1. The topological polar surface area (TPSA) is 82.2 Å². The van der Waals surface area contributed by atoms with E-state index >= 15 is 0 Å². The molecule has 0 radical (unpaired) electrons. The van der Waals surface area contributed by atoms with Crippen LogP contribution >= 0.6 is 0 Å². The van der Waals surface area contributed by atoms with Crippen LogP contribution in [0, 0.1) is 11.3 Å². The zero-order chi connectivity index (χ0) is 23.1. The Bertz CT molecular complexity index is 909. The molecule has 1 aromatic carbocycles. The Morgan fingerprint density at radius 1 is 1.12 bits per heavy atom. The third-order valence-electron chi connectivity index (χ3n) is 6.98. The molecular weight excluding hydrogens is 408 g/mol. The number of hydrogen-bond acceptors (Lipinski definition) is 5. The first kappa shape index (κ1) is 22.4. The molecule has 3 fully saturated rings. The highest BCUT2D eigenvalue weighted by atomic mass is 16.5. The number of amides is 4. The fraction of sp³-hybridized carbons (Fsp3) is 0.625. The average Bonchev–Trinajstić information content (AvgIpc) is 2.95. The average molecular weight is 443 g/mol. The van der Waals surface area contributed by atoms with Crippen molar-refractivity contribution >= 4 is 23.5 Å². The molecule has 1 saturated carbocycles. The molecule has 3 aliphatic rings. The molecule has 2 saturated heterocycles. The Balaban J connectivity index is 1.38. The Labute approximate surface area is 189 Å². The van der Waals surface area contributed by atoms with Crippen LogP contribution in [-0.4, -0.2) is 73.0 Å². The third kappa shape index (κ3) is 4.14. The first-order valence-corrected chi connectivity index (χ1v) is 11.4. The number of urea groups is 1. The van der Waals surface area contributed by atoms with E-state index in [1.54, 1.807) is 12.0 Å². The van der Waals surface area contributed by atoms with Gasteiger partial charge in [0.2, 0.25) is 5.91 Å². The zero-order valence-electron chi connectivity index (χ0n) is 19.5. The Kier molecular flexibility index (Phi) is 5.81. The molecule has 4 amide bonds. The number of anilines is 1. The number of methoxy groups -OCH3 is 1. The lowest BCUT2D eigenvalue weighted by atomic mass is 9.64. The zero-order valence-corrected chi connectivity index (χ0v) is 19.5. The lowest BCUT2D eigenvalue weighted by molar-refractivity contribution is -0.140. The van der Waals surface area contributed by atoms with Crippen molar-refractivity contribution < 1.29 is 19.1 Å². The van der Waals surface area contributed by atoms with E-state index in [1.165, 1.54) is 0 Å². The molecule has 8 heteroatoms. The first-order chi connectivity index (χ1) is 15.1. The molecule has 0 unspecified atom stereocenters. The molecular formula is C24H34N4O4. The van der Waals surface area contributed by atoms with Gasteiger partial charge in [0.05, 0.1) is 12.8 Å². The molecule has 1 spiro atoms. The summed E-state index contributed by atoms with van der Waals surface area (Å²) in [6.07, 6.45) is 2.26. The molecule has 0 aromatic heterocycles. The lowest BCUT2D eigenvalue weighted by Crippen LogP contribution is -2.55. The minimum Gasteiger partial charge on any atom is -0.495 e. The van der Waals surface area contributed by atoms with Crippen molar-refractivity contribution in [3.05, 3.63) is 24.3 Å². The van der Waals surface area contributed by atoms with Crippen LogP contribution in [-0.2, 0) is 9.59 Å². The van der Waals surface area contributed by atoms with E-state index in [-0.39, 0.29) is 23.8 Å². The van der Waals surface area contributed by atoms with E-state index in [1.807, 2.05) is 24.3 Å². The van der Waals surface area contributed by atoms with E-state index in [9.17, 15) is 14.4 Å². The monoisotopic (exact) mass is 442 g/mol. The predicted octanol–water partition coefficient (Wildman–Crippen LogP) is 2.48. The smallest absolute Gasteiger partial charge is 0.325 e. The summed E-state index contributed by atoms with van der Waals surface area (Å²) >= 11 is 0. The van der Waals surface area contributed by atoms with Gasteiger partial charge in [-0.3, -0.25) is 14.5 Å². The van der Waals surface area contributed by atoms with Gasteiger partial charge in [-0.05, 0) is 42.7 Å². The molecule has 4 rings (SSSR count). The third-order valence-corrected chi connectivity index (χ3v) is 6.98. The molecule has 1 aliphatic carbocycles. The van der Waals surface area contributed by atoms with Crippen LogP contribution in [0.5, 0.6) is 5.75 Å². The van der Waals surface area contributed by atoms with Crippen molar-refractivity contribution in [1.82, 2.24) is 15.1 Å². The molecule has 2 atom stereocenters. The Morgan fingerprint density at radius 2 is 1.81 bits per heavy atom. The number of piperazine rings is 1. The molecule has 1 N–H and O–H groups in total. The second-order valence-corrected chi connectivity index (χ2v) is 10.3. The number of nitrogens with one attached hydrogen (secondary N) is 1. The molecule has 2 heterocycles. The van der Waals surface area contributed by atoms with Crippen LogP contribution in [0.15, 0.2) is 24.3 Å². The minimum absolute atomic E-state index is 0.0323. The molecule has 0 bridgehead atoms.